The van der Waals surface area contributed by atoms with Crippen LogP contribution in [-0.4, -0.2) is 13.5 Å². The summed E-state index contributed by atoms with van der Waals surface area (Å²) in [4.78, 5) is 4.67. The first-order chi connectivity index (χ1) is 15.3. The Balaban J connectivity index is 1.47. The van der Waals surface area contributed by atoms with E-state index in [0.717, 1.165) is 30.2 Å². The first-order valence-corrected chi connectivity index (χ1v) is 11.4. The second-order valence-electron chi connectivity index (χ2n) is 9.47. The van der Waals surface area contributed by atoms with E-state index in [1.165, 1.54) is 50.3 Å². The molecule has 0 fully saturated rings. The Bertz CT molecular complexity index is 1170. The lowest BCUT2D eigenvalue weighted by molar-refractivity contribution is 0.260. The molecule has 0 saturated carbocycles. The van der Waals surface area contributed by atoms with Gasteiger partial charge in [0.1, 0.15) is 11.5 Å². The number of fused-ring (bicyclic) bond motifs is 3. The zero-order valence-corrected chi connectivity index (χ0v) is 20.0. The van der Waals surface area contributed by atoms with Crippen molar-refractivity contribution < 1.29 is 9.47 Å². The molecule has 0 amide bonds. The van der Waals surface area contributed by atoms with Gasteiger partial charge in [0.15, 0.2) is 13.5 Å². The van der Waals surface area contributed by atoms with Gasteiger partial charge < -0.3 is 19.3 Å². The quantitative estimate of drug-likeness (QED) is 0.482. The Morgan fingerprint density at radius 1 is 0.625 bits per heavy atom. The highest BCUT2D eigenvalue weighted by Gasteiger charge is 2.29. The van der Waals surface area contributed by atoms with E-state index in [-0.39, 0.29) is 0 Å². The van der Waals surface area contributed by atoms with E-state index in [4.69, 9.17) is 9.47 Å². The Morgan fingerprint density at radius 2 is 1.12 bits per heavy atom. The first kappa shape index (κ1) is 20.7. The van der Waals surface area contributed by atoms with Gasteiger partial charge in [0.2, 0.25) is 0 Å². The van der Waals surface area contributed by atoms with Crippen LogP contribution in [0.5, 0.6) is 11.5 Å². The molecule has 2 heterocycles. The topological polar surface area (TPSA) is 24.9 Å². The van der Waals surface area contributed by atoms with Gasteiger partial charge in [0.05, 0.1) is 12.1 Å². The molecular weight excluding hydrogens is 396 g/mol. The second kappa shape index (κ2) is 7.77. The molecule has 0 aliphatic carbocycles. The van der Waals surface area contributed by atoms with E-state index in [1.807, 2.05) is 0 Å². The Labute approximate surface area is 191 Å². The van der Waals surface area contributed by atoms with Crippen molar-refractivity contribution in [3.8, 4) is 11.5 Å². The van der Waals surface area contributed by atoms with Crippen LogP contribution in [0.4, 0.5) is 11.4 Å². The summed E-state index contributed by atoms with van der Waals surface area (Å²) in [5.41, 5.74) is 12.7. The highest BCUT2D eigenvalue weighted by atomic mass is 16.5. The zero-order chi connectivity index (χ0) is 22.6. The predicted molar refractivity (Wildman–Crippen MR) is 131 cm³/mol. The average molecular weight is 429 g/mol. The SMILES string of the molecule is Cc1cc(C)c(N2COc3c(ccc4c3CN(c3c(C)cc(C)cc3C)CO4)C2)c(C)c1. The molecule has 0 bridgehead atoms. The van der Waals surface area contributed by atoms with Gasteiger partial charge in [-0.25, -0.2) is 0 Å². The van der Waals surface area contributed by atoms with Crippen molar-refractivity contribution in [2.75, 3.05) is 23.3 Å². The summed E-state index contributed by atoms with van der Waals surface area (Å²) in [5.74, 6) is 1.94. The van der Waals surface area contributed by atoms with Gasteiger partial charge in [-0.3, -0.25) is 0 Å². The second-order valence-corrected chi connectivity index (χ2v) is 9.47. The predicted octanol–water partition coefficient (Wildman–Crippen LogP) is 6.25. The number of benzene rings is 3. The summed E-state index contributed by atoms with van der Waals surface area (Å²) in [6.45, 7) is 15.8. The van der Waals surface area contributed by atoms with Crippen LogP contribution in [0, 0.1) is 41.5 Å². The molecule has 2 aliphatic rings. The number of aryl methyl sites for hydroxylation is 6. The number of anilines is 2. The van der Waals surface area contributed by atoms with Gasteiger partial charge in [-0.05, 0) is 75.9 Å². The minimum Gasteiger partial charge on any atom is -0.473 e. The minimum atomic E-state index is 0.552. The van der Waals surface area contributed by atoms with Gasteiger partial charge in [0.25, 0.3) is 0 Å². The maximum Gasteiger partial charge on any atom is 0.161 e. The number of hydrogen-bond donors (Lipinski definition) is 0. The van der Waals surface area contributed by atoms with E-state index < -0.39 is 0 Å². The molecule has 166 valence electrons. The van der Waals surface area contributed by atoms with Crippen LogP contribution in [0.2, 0.25) is 0 Å². The third-order valence-electron chi connectivity index (χ3n) is 6.65. The zero-order valence-electron chi connectivity index (χ0n) is 20.0. The van der Waals surface area contributed by atoms with E-state index >= 15 is 0 Å². The molecule has 4 heteroatoms. The highest BCUT2D eigenvalue weighted by molar-refractivity contribution is 5.65. The molecule has 0 unspecified atom stereocenters. The van der Waals surface area contributed by atoms with E-state index in [1.54, 1.807) is 0 Å². The Kier molecular flexibility index (Phi) is 5.04. The summed E-state index contributed by atoms with van der Waals surface area (Å²) in [6.07, 6.45) is 0. The molecule has 0 atom stereocenters. The lowest BCUT2D eigenvalue weighted by Gasteiger charge is -2.38. The molecule has 3 aromatic rings. The molecule has 3 aromatic carbocycles. The lowest BCUT2D eigenvalue weighted by Crippen LogP contribution is -2.36. The van der Waals surface area contributed by atoms with Gasteiger partial charge in [-0.1, -0.05) is 35.4 Å². The van der Waals surface area contributed by atoms with Crippen molar-refractivity contribution in [3.63, 3.8) is 0 Å². The molecule has 2 aliphatic heterocycles. The van der Waals surface area contributed by atoms with Crippen molar-refractivity contribution in [1.29, 1.82) is 0 Å². The average Bonchev–Trinajstić information content (AvgIpc) is 2.72. The standard InChI is InChI=1S/C28H32N2O2/c1-17-9-19(3)26(20(4)10-17)29-13-23-7-8-25-24(28(23)32-16-29)14-30(15-31-25)27-21(5)11-18(2)12-22(27)6/h7-12H,13-16H2,1-6H3. The molecular formula is C28H32N2O2. The summed E-state index contributed by atoms with van der Waals surface area (Å²) >= 11 is 0. The number of nitrogens with zero attached hydrogens (tertiary/aromatic N) is 2. The molecule has 32 heavy (non-hydrogen) atoms. The monoisotopic (exact) mass is 428 g/mol. The molecule has 0 spiro atoms. The van der Waals surface area contributed by atoms with Crippen molar-refractivity contribution in [2.45, 2.75) is 54.6 Å². The number of hydrogen-bond acceptors (Lipinski definition) is 4. The van der Waals surface area contributed by atoms with Crippen LogP contribution in [0.25, 0.3) is 0 Å². The summed E-state index contributed by atoms with van der Waals surface area (Å²) in [6, 6.07) is 13.3. The normalized spacial score (nSPS) is 15.1. The van der Waals surface area contributed by atoms with Crippen LogP contribution < -0.4 is 19.3 Å². The minimum absolute atomic E-state index is 0.552. The molecule has 0 N–H and O–H groups in total. The maximum atomic E-state index is 6.41. The number of ether oxygens (including phenoxy) is 2. The van der Waals surface area contributed by atoms with Gasteiger partial charge in [-0.15, -0.1) is 0 Å². The third kappa shape index (κ3) is 3.48. The molecule has 4 nitrogen and oxygen atoms in total. The van der Waals surface area contributed by atoms with Gasteiger partial charge in [-0.2, -0.15) is 0 Å². The smallest absolute Gasteiger partial charge is 0.161 e. The maximum absolute atomic E-state index is 6.41. The van der Waals surface area contributed by atoms with Crippen LogP contribution >= 0.6 is 0 Å². The lowest BCUT2D eigenvalue weighted by atomic mass is 10.00. The fraction of sp³-hybridized carbons (Fsp3) is 0.357. The van der Waals surface area contributed by atoms with Crippen molar-refractivity contribution in [1.82, 2.24) is 0 Å². The van der Waals surface area contributed by atoms with Gasteiger partial charge >= 0.3 is 0 Å². The first-order valence-electron chi connectivity index (χ1n) is 11.4. The van der Waals surface area contributed by atoms with Crippen LogP contribution in [-0.2, 0) is 13.1 Å². The third-order valence-corrected chi connectivity index (χ3v) is 6.65. The summed E-state index contributed by atoms with van der Waals surface area (Å²) < 4.78 is 12.6. The van der Waals surface area contributed by atoms with Gasteiger partial charge in [0, 0.05) is 23.5 Å². The molecule has 5 rings (SSSR count). The molecule has 0 aromatic heterocycles. The van der Waals surface area contributed by atoms with Crippen molar-refractivity contribution >= 4 is 11.4 Å². The van der Waals surface area contributed by atoms with Crippen LogP contribution in [0.15, 0.2) is 36.4 Å². The Hall–Kier alpha value is -3.14. The van der Waals surface area contributed by atoms with Crippen molar-refractivity contribution in [3.05, 3.63) is 80.9 Å². The Morgan fingerprint density at radius 3 is 1.69 bits per heavy atom. The van der Waals surface area contributed by atoms with Crippen LogP contribution in [0.1, 0.15) is 44.5 Å². The van der Waals surface area contributed by atoms with Crippen molar-refractivity contribution in [2.24, 2.45) is 0 Å². The molecule has 0 saturated heterocycles. The largest absolute Gasteiger partial charge is 0.473 e. The van der Waals surface area contributed by atoms with Crippen LogP contribution in [0.3, 0.4) is 0 Å². The highest BCUT2D eigenvalue weighted by Crippen LogP contribution is 2.42. The van der Waals surface area contributed by atoms with E-state index in [2.05, 4.69) is 87.7 Å². The van der Waals surface area contributed by atoms with E-state index in [9.17, 15) is 0 Å². The summed E-state index contributed by atoms with van der Waals surface area (Å²) in [7, 11) is 0. The fourth-order valence-electron chi connectivity index (χ4n) is 5.65. The summed E-state index contributed by atoms with van der Waals surface area (Å²) in [5, 5.41) is 0. The van der Waals surface area contributed by atoms with E-state index in [0.29, 0.717) is 13.5 Å². The molecule has 0 radical (unpaired) electrons. The fourth-order valence-corrected chi connectivity index (χ4v) is 5.65. The number of rotatable bonds is 2.